The van der Waals surface area contributed by atoms with Crippen molar-refractivity contribution in [3.63, 3.8) is 0 Å². The molecule has 0 atom stereocenters. The van der Waals surface area contributed by atoms with Crippen molar-refractivity contribution < 1.29 is 0 Å². The second-order valence-corrected chi connectivity index (χ2v) is 6.53. The standard InChI is InChI=1S/C17H17N3S/c1-17(2,3)16-19-14(10-15(21)20-16)12-6-4-8-13-11(12)7-5-9-18-13/h4-10H,1-3H3,(H,19,20,21). The Morgan fingerprint density at radius 1 is 1.10 bits per heavy atom. The lowest BCUT2D eigenvalue weighted by atomic mass is 9.95. The van der Waals surface area contributed by atoms with Crippen molar-refractivity contribution in [1.82, 2.24) is 15.0 Å². The highest BCUT2D eigenvalue weighted by Crippen LogP contribution is 2.28. The molecule has 1 N–H and O–H groups in total. The van der Waals surface area contributed by atoms with E-state index in [0.717, 1.165) is 28.0 Å². The van der Waals surface area contributed by atoms with Crippen molar-refractivity contribution in [3.05, 3.63) is 53.1 Å². The maximum atomic E-state index is 5.33. The number of nitrogens with zero attached hydrogens (tertiary/aromatic N) is 2. The van der Waals surface area contributed by atoms with Crippen molar-refractivity contribution in [3.8, 4) is 11.3 Å². The van der Waals surface area contributed by atoms with Crippen LogP contribution in [0, 0.1) is 4.64 Å². The second-order valence-electron chi connectivity index (χ2n) is 6.11. The van der Waals surface area contributed by atoms with Gasteiger partial charge in [0.15, 0.2) is 0 Å². The van der Waals surface area contributed by atoms with Gasteiger partial charge in [0.1, 0.15) is 10.5 Å². The van der Waals surface area contributed by atoms with Crippen LogP contribution in [0.5, 0.6) is 0 Å². The van der Waals surface area contributed by atoms with E-state index < -0.39 is 0 Å². The van der Waals surface area contributed by atoms with Gasteiger partial charge in [-0.1, -0.05) is 51.2 Å². The van der Waals surface area contributed by atoms with E-state index in [1.807, 2.05) is 30.5 Å². The Kier molecular flexibility index (Phi) is 3.33. The Hall–Kier alpha value is -2.07. The lowest BCUT2D eigenvalue weighted by Gasteiger charge is -2.18. The summed E-state index contributed by atoms with van der Waals surface area (Å²) in [4.78, 5) is 12.3. The minimum Gasteiger partial charge on any atom is -0.343 e. The third-order valence-corrected chi connectivity index (χ3v) is 3.60. The molecule has 2 heterocycles. The molecule has 0 fully saturated rings. The summed E-state index contributed by atoms with van der Waals surface area (Å²) in [7, 11) is 0. The van der Waals surface area contributed by atoms with Crippen LogP contribution >= 0.6 is 12.2 Å². The first-order chi connectivity index (χ1) is 9.95. The van der Waals surface area contributed by atoms with E-state index in [4.69, 9.17) is 12.2 Å². The van der Waals surface area contributed by atoms with Gasteiger partial charge >= 0.3 is 0 Å². The summed E-state index contributed by atoms with van der Waals surface area (Å²) >= 11 is 5.33. The summed E-state index contributed by atoms with van der Waals surface area (Å²) in [5.74, 6) is 0.894. The summed E-state index contributed by atoms with van der Waals surface area (Å²) < 4.78 is 0.606. The number of pyridine rings is 1. The lowest BCUT2D eigenvalue weighted by Crippen LogP contribution is -2.16. The molecule has 3 aromatic rings. The predicted molar refractivity (Wildman–Crippen MR) is 88.9 cm³/mol. The Morgan fingerprint density at radius 3 is 2.67 bits per heavy atom. The molecule has 0 unspecified atom stereocenters. The van der Waals surface area contributed by atoms with Crippen LogP contribution in [0.2, 0.25) is 0 Å². The van der Waals surface area contributed by atoms with E-state index in [2.05, 4.69) is 47.9 Å². The van der Waals surface area contributed by atoms with Gasteiger partial charge in [-0.3, -0.25) is 4.98 Å². The van der Waals surface area contributed by atoms with Crippen molar-refractivity contribution in [2.24, 2.45) is 0 Å². The molecule has 3 nitrogen and oxygen atoms in total. The van der Waals surface area contributed by atoms with Crippen LogP contribution in [0.25, 0.3) is 22.2 Å². The van der Waals surface area contributed by atoms with Gasteiger partial charge in [0, 0.05) is 22.6 Å². The number of hydrogen-bond donors (Lipinski definition) is 1. The van der Waals surface area contributed by atoms with Gasteiger partial charge in [0.05, 0.1) is 11.2 Å². The Morgan fingerprint density at radius 2 is 1.90 bits per heavy atom. The van der Waals surface area contributed by atoms with Gasteiger partial charge in [-0.05, 0) is 18.2 Å². The molecule has 0 bridgehead atoms. The molecular weight excluding hydrogens is 278 g/mol. The predicted octanol–water partition coefficient (Wildman–Crippen LogP) is 4.65. The number of H-pyrrole nitrogens is 1. The average Bonchev–Trinajstić information content (AvgIpc) is 2.45. The van der Waals surface area contributed by atoms with Crippen LogP contribution in [0.4, 0.5) is 0 Å². The highest BCUT2D eigenvalue weighted by atomic mass is 32.1. The third-order valence-electron chi connectivity index (χ3n) is 3.39. The summed E-state index contributed by atoms with van der Waals surface area (Å²) in [5, 5.41) is 1.11. The first kappa shape index (κ1) is 13.9. The third kappa shape index (κ3) is 2.72. The maximum Gasteiger partial charge on any atom is 0.130 e. The first-order valence-electron chi connectivity index (χ1n) is 6.91. The zero-order chi connectivity index (χ0) is 15.0. The van der Waals surface area contributed by atoms with Crippen molar-refractivity contribution in [2.45, 2.75) is 26.2 Å². The molecule has 3 rings (SSSR count). The molecule has 1 aromatic carbocycles. The Bertz CT molecular complexity index is 854. The molecule has 106 valence electrons. The molecule has 4 heteroatoms. The van der Waals surface area contributed by atoms with Crippen LogP contribution in [0.3, 0.4) is 0 Å². The highest BCUT2D eigenvalue weighted by molar-refractivity contribution is 7.71. The number of nitrogens with one attached hydrogen (secondary N) is 1. The molecule has 0 aliphatic carbocycles. The van der Waals surface area contributed by atoms with Crippen LogP contribution in [-0.2, 0) is 5.41 Å². The fourth-order valence-corrected chi connectivity index (χ4v) is 2.51. The molecule has 0 radical (unpaired) electrons. The van der Waals surface area contributed by atoms with E-state index in [1.54, 1.807) is 0 Å². The van der Waals surface area contributed by atoms with E-state index in [0.29, 0.717) is 4.64 Å². The summed E-state index contributed by atoms with van der Waals surface area (Å²) in [5.41, 5.74) is 2.98. The van der Waals surface area contributed by atoms with E-state index >= 15 is 0 Å². The number of aromatic amines is 1. The number of aromatic nitrogens is 3. The normalized spacial score (nSPS) is 11.8. The number of hydrogen-bond acceptors (Lipinski definition) is 3. The minimum atomic E-state index is -0.0770. The molecule has 0 aliphatic heterocycles. The maximum absolute atomic E-state index is 5.33. The fraction of sp³-hybridized carbons (Fsp3) is 0.235. The molecular formula is C17H17N3S. The van der Waals surface area contributed by atoms with E-state index in [9.17, 15) is 0 Å². The number of fused-ring (bicyclic) bond motifs is 1. The van der Waals surface area contributed by atoms with E-state index in [1.165, 1.54) is 0 Å². The van der Waals surface area contributed by atoms with Gasteiger partial charge in [0.25, 0.3) is 0 Å². The smallest absolute Gasteiger partial charge is 0.130 e. The van der Waals surface area contributed by atoms with Crippen LogP contribution < -0.4 is 0 Å². The Balaban J connectivity index is 2.29. The molecule has 0 aliphatic rings. The molecule has 2 aromatic heterocycles. The topological polar surface area (TPSA) is 41.6 Å². The molecule has 0 amide bonds. The molecule has 0 spiro atoms. The Labute approximate surface area is 129 Å². The zero-order valence-corrected chi connectivity index (χ0v) is 13.2. The quantitative estimate of drug-likeness (QED) is 0.664. The van der Waals surface area contributed by atoms with Crippen molar-refractivity contribution in [1.29, 1.82) is 0 Å². The molecule has 0 saturated heterocycles. The van der Waals surface area contributed by atoms with Crippen LogP contribution in [0.15, 0.2) is 42.6 Å². The van der Waals surface area contributed by atoms with Gasteiger partial charge < -0.3 is 4.98 Å². The minimum absolute atomic E-state index is 0.0770. The SMILES string of the molecule is CC(C)(C)c1nc(=S)cc(-c2cccc3ncccc23)[nH]1. The zero-order valence-electron chi connectivity index (χ0n) is 12.3. The van der Waals surface area contributed by atoms with Crippen LogP contribution in [0.1, 0.15) is 26.6 Å². The van der Waals surface area contributed by atoms with E-state index in [-0.39, 0.29) is 5.41 Å². The number of rotatable bonds is 1. The summed E-state index contributed by atoms with van der Waals surface area (Å²) in [6.45, 7) is 6.36. The number of benzene rings is 1. The van der Waals surface area contributed by atoms with Gasteiger partial charge in [-0.2, -0.15) is 0 Å². The molecule has 21 heavy (non-hydrogen) atoms. The van der Waals surface area contributed by atoms with Crippen molar-refractivity contribution in [2.75, 3.05) is 0 Å². The van der Waals surface area contributed by atoms with Gasteiger partial charge in [-0.15, -0.1) is 0 Å². The van der Waals surface area contributed by atoms with Gasteiger partial charge in [-0.25, -0.2) is 4.98 Å². The first-order valence-corrected chi connectivity index (χ1v) is 7.32. The second kappa shape index (κ2) is 5.04. The fourth-order valence-electron chi connectivity index (χ4n) is 2.30. The molecule has 0 saturated carbocycles. The summed E-state index contributed by atoms with van der Waals surface area (Å²) in [6, 6.07) is 12.0. The lowest BCUT2D eigenvalue weighted by molar-refractivity contribution is 0.545. The van der Waals surface area contributed by atoms with Gasteiger partial charge in [0.2, 0.25) is 0 Å². The largest absolute Gasteiger partial charge is 0.343 e. The highest BCUT2D eigenvalue weighted by Gasteiger charge is 2.17. The van der Waals surface area contributed by atoms with Crippen LogP contribution in [-0.4, -0.2) is 15.0 Å². The average molecular weight is 295 g/mol. The monoisotopic (exact) mass is 295 g/mol. The van der Waals surface area contributed by atoms with Crippen molar-refractivity contribution >= 4 is 23.1 Å². The summed E-state index contributed by atoms with van der Waals surface area (Å²) in [6.07, 6.45) is 1.81.